The van der Waals surface area contributed by atoms with Gasteiger partial charge in [0, 0.05) is 33.2 Å². The summed E-state index contributed by atoms with van der Waals surface area (Å²) in [6, 6.07) is 22.5. The molecule has 0 fully saturated rings. The molecule has 9 heteroatoms. The molecule has 5 rings (SSSR count). The maximum absolute atomic E-state index is 12.6. The number of fused-ring (bicyclic) bond motifs is 1. The molecule has 0 saturated heterocycles. The molecule has 0 bridgehead atoms. The van der Waals surface area contributed by atoms with Gasteiger partial charge in [0.25, 0.3) is 0 Å². The van der Waals surface area contributed by atoms with E-state index >= 15 is 0 Å². The molecule has 3 aromatic carbocycles. The van der Waals surface area contributed by atoms with Gasteiger partial charge in [-0.1, -0.05) is 19.1 Å². The molecule has 0 aliphatic carbocycles. The molecule has 0 saturated carbocycles. The first kappa shape index (κ1) is 24.1. The van der Waals surface area contributed by atoms with Gasteiger partial charge in [0.05, 0.1) is 12.5 Å². The van der Waals surface area contributed by atoms with E-state index in [-0.39, 0.29) is 6.03 Å². The lowest BCUT2D eigenvalue weighted by atomic mass is 10.0. The Hall–Kier alpha value is -4.63. The zero-order chi connectivity index (χ0) is 25.8. The van der Waals surface area contributed by atoms with Crippen LogP contribution in [0.25, 0.3) is 21.3 Å². The van der Waals surface area contributed by atoms with Crippen molar-refractivity contribution in [3.05, 3.63) is 84.0 Å². The number of hydrogen-bond donors (Lipinski definition) is 4. The number of nitrogens with one attached hydrogen (secondary N) is 3. The normalized spacial score (nSPS) is 10.8. The fourth-order valence-electron chi connectivity index (χ4n) is 4.05. The largest absolute Gasteiger partial charge is 0.497 e. The molecular weight excluding hydrogens is 484 g/mol. The Bertz CT molecular complexity index is 1530. The standard InChI is InChI=1S/C28H26N6O2S/c1-3-23-24(25-26(29)30-16-31-27(25)37-23)17-4-6-20(7-5-17)33-28(35)34-21-10-8-18(9-11-21)32-19-12-14-22(36-2)15-13-19/h4-16,32H,3H2,1-2H3,(H2,29,30,31)(H2,33,34,35). The number of amides is 2. The number of carbonyl (C=O) groups excluding carboxylic acids is 1. The number of nitrogens with two attached hydrogens (primary N) is 1. The quantitative estimate of drug-likeness (QED) is 0.189. The molecule has 0 atom stereocenters. The van der Waals surface area contributed by atoms with Crippen LogP contribution in [0.15, 0.2) is 79.1 Å². The Labute approximate surface area is 218 Å². The van der Waals surface area contributed by atoms with Crippen molar-refractivity contribution in [1.82, 2.24) is 9.97 Å². The number of urea groups is 1. The molecule has 2 aromatic heterocycles. The summed E-state index contributed by atoms with van der Waals surface area (Å²) in [7, 11) is 1.64. The van der Waals surface area contributed by atoms with Crippen molar-refractivity contribution in [2.75, 3.05) is 28.8 Å². The molecule has 8 nitrogen and oxygen atoms in total. The minimum absolute atomic E-state index is 0.323. The Balaban J connectivity index is 1.23. The van der Waals surface area contributed by atoms with E-state index < -0.39 is 0 Å². The van der Waals surface area contributed by atoms with Crippen LogP contribution in [-0.4, -0.2) is 23.1 Å². The SMILES string of the molecule is CCc1sc2ncnc(N)c2c1-c1ccc(NC(=O)Nc2ccc(Nc3ccc(OC)cc3)cc2)cc1. The lowest BCUT2D eigenvalue weighted by Gasteiger charge is -2.11. The number of aryl methyl sites for hydroxylation is 1. The van der Waals surface area contributed by atoms with Gasteiger partial charge in [-0.05, 0) is 72.6 Å². The van der Waals surface area contributed by atoms with Gasteiger partial charge < -0.3 is 26.4 Å². The highest BCUT2D eigenvalue weighted by Crippen LogP contribution is 2.40. The second kappa shape index (κ2) is 10.5. The number of anilines is 5. The van der Waals surface area contributed by atoms with E-state index in [4.69, 9.17) is 10.5 Å². The van der Waals surface area contributed by atoms with Crippen LogP contribution < -0.4 is 26.4 Å². The molecule has 2 amide bonds. The molecule has 37 heavy (non-hydrogen) atoms. The van der Waals surface area contributed by atoms with Gasteiger partial charge in [-0.3, -0.25) is 0 Å². The summed E-state index contributed by atoms with van der Waals surface area (Å²) in [6.07, 6.45) is 2.36. The molecule has 186 valence electrons. The zero-order valence-corrected chi connectivity index (χ0v) is 21.2. The van der Waals surface area contributed by atoms with Gasteiger partial charge in [0.2, 0.25) is 0 Å². The first-order chi connectivity index (χ1) is 18.0. The lowest BCUT2D eigenvalue weighted by molar-refractivity contribution is 0.262. The molecule has 0 spiro atoms. The number of benzene rings is 3. The Morgan fingerprint density at radius 1 is 0.865 bits per heavy atom. The van der Waals surface area contributed by atoms with E-state index in [9.17, 15) is 4.79 Å². The van der Waals surface area contributed by atoms with Crippen LogP contribution in [0.3, 0.4) is 0 Å². The smallest absolute Gasteiger partial charge is 0.323 e. The minimum Gasteiger partial charge on any atom is -0.497 e. The number of ether oxygens (including phenoxy) is 1. The van der Waals surface area contributed by atoms with Gasteiger partial charge in [-0.25, -0.2) is 14.8 Å². The second-order valence-electron chi connectivity index (χ2n) is 8.28. The van der Waals surface area contributed by atoms with E-state index in [0.717, 1.165) is 44.9 Å². The number of nitrogens with zero attached hydrogens (tertiary/aromatic N) is 2. The molecule has 2 heterocycles. The highest BCUT2D eigenvalue weighted by atomic mass is 32.1. The first-order valence-corrected chi connectivity index (χ1v) is 12.6. The maximum Gasteiger partial charge on any atom is 0.323 e. The third-order valence-electron chi connectivity index (χ3n) is 5.86. The summed E-state index contributed by atoms with van der Waals surface area (Å²) >= 11 is 1.63. The van der Waals surface area contributed by atoms with Crippen molar-refractivity contribution >= 4 is 56.2 Å². The summed E-state index contributed by atoms with van der Waals surface area (Å²) < 4.78 is 5.18. The number of aromatic nitrogens is 2. The number of rotatable bonds is 7. The highest BCUT2D eigenvalue weighted by Gasteiger charge is 2.17. The molecular formula is C28H26N6O2S. The number of carbonyl (C=O) groups is 1. The van der Waals surface area contributed by atoms with Gasteiger partial charge in [-0.15, -0.1) is 11.3 Å². The summed E-state index contributed by atoms with van der Waals surface area (Å²) in [4.78, 5) is 23.2. The number of methoxy groups -OCH3 is 1. The van der Waals surface area contributed by atoms with Crippen LogP contribution in [-0.2, 0) is 6.42 Å². The third-order valence-corrected chi connectivity index (χ3v) is 7.11. The molecule has 0 aliphatic rings. The Morgan fingerprint density at radius 3 is 2.03 bits per heavy atom. The topological polar surface area (TPSA) is 114 Å². The van der Waals surface area contributed by atoms with Crippen LogP contribution in [0, 0.1) is 0 Å². The monoisotopic (exact) mass is 510 g/mol. The fraction of sp³-hybridized carbons (Fsp3) is 0.107. The van der Waals surface area contributed by atoms with Crippen LogP contribution in [0.1, 0.15) is 11.8 Å². The average molecular weight is 511 g/mol. The number of thiophene rings is 1. The predicted molar refractivity (Wildman–Crippen MR) is 152 cm³/mol. The van der Waals surface area contributed by atoms with E-state index in [1.165, 1.54) is 11.2 Å². The van der Waals surface area contributed by atoms with E-state index in [1.54, 1.807) is 18.4 Å². The van der Waals surface area contributed by atoms with Crippen LogP contribution in [0.5, 0.6) is 5.75 Å². The van der Waals surface area contributed by atoms with Crippen molar-refractivity contribution in [3.8, 4) is 16.9 Å². The minimum atomic E-state index is -0.323. The van der Waals surface area contributed by atoms with Crippen molar-refractivity contribution in [3.63, 3.8) is 0 Å². The lowest BCUT2D eigenvalue weighted by Crippen LogP contribution is -2.19. The summed E-state index contributed by atoms with van der Waals surface area (Å²) in [6.45, 7) is 2.11. The van der Waals surface area contributed by atoms with E-state index in [2.05, 4.69) is 32.8 Å². The van der Waals surface area contributed by atoms with Crippen LogP contribution in [0.4, 0.5) is 33.4 Å². The van der Waals surface area contributed by atoms with Crippen molar-refractivity contribution < 1.29 is 9.53 Å². The molecule has 0 aliphatic heterocycles. The molecule has 5 aromatic rings. The van der Waals surface area contributed by atoms with Crippen molar-refractivity contribution in [2.24, 2.45) is 0 Å². The second-order valence-corrected chi connectivity index (χ2v) is 9.36. The fourth-order valence-corrected chi connectivity index (χ4v) is 5.16. The van der Waals surface area contributed by atoms with E-state index in [0.29, 0.717) is 17.2 Å². The number of hydrogen-bond acceptors (Lipinski definition) is 7. The van der Waals surface area contributed by atoms with Gasteiger partial charge in [0.15, 0.2) is 0 Å². The van der Waals surface area contributed by atoms with Crippen molar-refractivity contribution in [2.45, 2.75) is 13.3 Å². The third kappa shape index (κ3) is 5.31. The molecule has 5 N–H and O–H groups in total. The van der Waals surface area contributed by atoms with Gasteiger partial charge in [-0.2, -0.15) is 0 Å². The zero-order valence-electron chi connectivity index (χ0n) is 20.4. The van der Waals surface area contributed by atoms with E-state index in [1.807, 2.05) is 72.8 Å². The Kier molecular flexibility index (Phi) is 6.87. The first-order valence-electron chi connectivity index (χ1n) is 11.8. The summed E-state index contributed by atoms with van der Waals surface area (Å²) in [5.74, 6) is 1.28. The number of nitrogen functional groups attached to an aromatic ring is 1. The predicted octanol–water partition coefficient (Wildman–Crippen LogP) is 6.90. The summed E-state index contributed by atoms with van der Waals surface area (Å²) in [5.41, 5.74) is 11.5. The highest BCUT2D eigenvalue weighted by molar-refractivity contribution is 7.19. The van der Waals surface area contributed by atoms with Gasteiger partial charge >= 0.3 is 6.03 Å². The van der Waals surface area contributed by atoms with Crippen LogP contribution >= 0.6 is 11.3 Å². The average Bonchev–Trinajstić information content (AvgIpc) is 3.31. The maximum atomic E-state index is 12.6. The van der Waals surface area contributed by atoms with Gasteiger partial charge in [0.1, 0.15) is 22.7 Å². The molecule has 0 radical (unpaired) electrons. The van der Waals surface area contributed by atoms with Crippen molar-refractivity contribution in [1.29, 1.82) is 0 Å². The molecule has 0 unspecified atom stereocenters. The van der Waals surface area contributed by atoms with Crippen LogP contribution in [0.2, 0.25) is 0 Å². The summed E-state index contributed by atoms with van der Waals surface area (Å²) in [5, 5.41) is 9.94. The Morgan fingerprint density at radius 2 is 1.43 bits per heavy atom.